The zero-order valence-corrected chi connectivity index (χ0v) is 26.9. The molecule has 6 heterocycles. The van der Waals surface area contributed by atoms with Gasteiger partial charge in [-0.2, -0.15) is 0 Å². The fourth-order valence-electron chi connectivity index (χ4n) is 7.54. The summed E-state index contributed by atoms with van der Waals surface area (Å²) in [5, 5.41) is 26.7. The first-order valence-electron chi connectivity index (χ1n) is 15.8. The maximum Gasteiger partial charge on any atom is 0.303 e. The molecule has 11 heteroatoms. The lowest BCUT2D eigenvalue weighted by atomic mass is 9.91. The number of hydrogen-bond donors (Lipinski definition) is 6. The van der Waals surface area contributed by atoms with E-state index in [-0.39, 0.29) is 48.1 Å². The summed E-state index contributed by atoms with van der Waals surface area (Å²) in [4.78, 5) is 44.0. The number of aliphatic carboxylic acids is 1. The number of hydrogen-bond acceptors (Lipinski definition) is 5. The molecule has 4 fully saturated rings. The van der Waals surface area contributed by atoms with Crippen LogP contribution in [-0.2, 0) is 56.6 Å². The molecule has 0 aromatic carbocycles. The number of aliphatic hydroxyl groups is 1. The van der Waals surface area contributed by atoms with Crippen molar-refractivity contribution in [1.82, 2.24) is 20.6 Å². The summed E-state index contributed by atoms with van der Waals surface area (Å²) in [7, 11) is 0. The zero-order chi connectivity index (χ0) is 31.9. The average molecular weight is 634 g/mol. The second kappa shape index (κ2) is 10.8. The van der Waals surface area contributed by atoms with Gasteiger partial charge in [-0.15, -0.1) is 0 Å². The first-order chi connectivity index (χ1) is 21.4. The van der Waals surface area contributed by atoms with Crippen molar-refractivity contribution >= 4 is 35.6 Å². The quantitative estimate of drug-likeness (QED) is 0.120. The third kappa shape index (κ3) is 5.18. The monoisotopic (exact) mass is 633 g/mol. The van der Waals surface area contributed by atoms with Gasteiger partial charge in [-0.3, -0.25) is 14.4 Å². The number of aromatic amines is 2. The number of fused-ring (bicyclic) bond motifs is 1. The van der Waals surface area contributed by atoms with E-state index in [0.29, 0.717) is 36.5 Å². The molecule has 0 spiro atoms. The van der Waals surface area contributed by atoms with Crippen molar-refractivity contribution in [1.29, 1.82) is 0 Å². The maximum absolute atomic E-state index is 12.6. The fourth-order valence-corrected chi connectivity index (χ4v) is 8.54. The highest BCUT2D eigenvalue weighted by Crippen LogP contribution is 2.64. The number of carbonyl (C=O) groups excluding carboxylic acids is 2. The number of nitrogens with one attached hydrogen (secondary N) is 4. The van der Waals surface area contributed by atoms with Crippen molar-refractivity contribution in [2.45, 2.75) is 83.0 Å². The van der Waals surface area contributed by atoms with E-state index >= 15 is 0 Å². The number of ether oxygens (including phenoxy) is 1. The number of allylic oxidation sites excluding steroid dienone is 1. The van der Waals surface area contributed by atoms with Crippen LogP contribution in [0.1, 0.15) is 65.3 Å². The van der Waals surface area contributed by atoms with E-state index in [0.717, 1.165) is 62.1 Å². The van der Waals surface area contributed by atoms with Crippen LogP contribution in [0.25, 0.3) is 6.08 Å². The molecule has 45 heavy (non-hydrogen) atoms. The number of amides is 2. The van der Waals surface area contributed by atoms with Gasteiger partial charge in [-0.1, -0.05) is 19.6 Å². The topological polar surface area (TPSA) is 160 Å². The van der Waals surface area contributed by atoms with Crippen molar-refractivity contribution in [3.05, 3.63) is 74.5 Å². The molecule has 0 unspecified atom stereocenters. The Labute approximate surface area is 266 Å². The summed E-state index contributed by atoms with van der Waals surface area (Å²) < 4.78 is 5.32. The summed E-state index contributed by atoms with van der Waals surface area (Å²) in [6, 6.07) is -0.148. The second-order valence-electron chi connectivity index (χ2n) is 13.3. The van der Waals surface area contributed by atoms with Gasteiger partial charge in [0.1, 0.15) is 6.10 Å². The Morgan fingerprint density at radius 3 is 2.42 bits per heavy atom. The number of carboxylic acid groups (broad SMARTS) is 1. The fraction of sp³-hybridized carbons (Fsp3) is 0.500. The molecule has 3 saturated heterocycles. The number of carboxylic acids is 1. The van der Waals surface area contributed by atoms with Crippen LogP contribution in [0.3, 0.4) is 0 Å². The molecule has 238 valence electrons. The number of thiol groups is 1. The minimum atomic E-state index is -1.01. The van der Waals surface area contributed by atoms with Crippen LogP contribution in [0.5, 0.6) is 0 Å². The van der Waals surface area contributed by atoms with Gasteiger partial charge in [0.25, 0.3) is 5.91 Å². The molecule has 1 aliphatic carbocycles. The lowest BCUT2D eigenvalue weighted by molar-refractivity contribution is -0.137. The van der Waals surface area contributed by atoms with E-state index in [2.05, 4.69) is 40.2 Å². The highest BCUT2D eigenvalue weighted by atomic mass is 32.2. The van der Waals surface area contributed by atoms with Crippen molar-refractivity contribution < 1.29 is 29.3 Å². The average Bonchev–Trinajstić information content (AvgIpc) is 3.91. The molecule has 0 bridgehead atoms. The van der Waals surface area contributed by atoms with E-state index in [1.165, 1.54) is 11.8 Å². The van der Waals surface area contributed by atoms with Gasteiger partial charge < -0.3 is 35.6 Å². The Hall–Kier alpha value is -3.54. The molecule has 1 saturated carbocycles. The minimum Gasteiger partial charge on any atom is -0.481 e. The van der Waals surface area contributed by atoms with E-state index < -0.39 is 11.8 Å². The van der Waals surface area contributed by atoms with Crippen molar-refractivity contribution in [3.8, 4) is 0 Å². The molecule has 2 aromatic heterocycles. The van der Waals surface area contributed by atoms with Gasteiger partial charge in [-0.25, -0.2) is 0 Å². The first-order valence-corrected chi connectivity index (χ1v) is 16.9. The number of rotatable bonds is 12. The van der Waals surface area contributed by atoms with Crippen molar-refractivity contribution in [2.24, 2.45) is 17.8 Å². The Morgan fingerprint density at radius 2 is 1.82 bits per heavy atom. The Balaban J connectivity index is 1.23. The van der Waals surface area contributed by atoms with Crippen LogP contribution in [0, 0.1) is 31.6 Å². The summed E-state index contributed by atoms with van der Waals surface area (Å²) >= 11 is 1.38. The molecule has 7 atom stereocenters. The summed E-state index contributed by atoms with van der Waals surface area (Å²) in [6.07, 6.45) is 5.70. The predicted octanol–water partition coefficient (Wildman–Crippen LogP) is 2.29. The third-order valence-electron chi connectivity index (χ3n) is 10.7. The van der Waals surface area contributed by atoms with E-state index in [1.54, 1.807) is 6.08 Å². The Morgan fingerprint density at radius 1 is 1.11 bits per heavy atom. The highest BCUT2D eigenvalue weighted by Gasteiger charge is 2.82. The maximum atomic E-state index is 12.6. The molecule has 2 amide bonds. The summed E-state index contributed by atoms with van der Waals surface area (Å²) in [5.41, 5.74) is 10.5. The largest absolute Gasteiger partial charge is 0.481 e. The van der Waals surface area contributed by atoms with Gasteiger partial charge >= 0.3 is 5.97 Å². The molecule has 4 aliphatic heterocycles. The normalized spacial score (nSPS) is 32.2. The minimum absolute atomic E-state index is 0.00761. The molecule has 2 aromatic rings. The van der Waals surface area contributed by atoms with E-state index in [1.807, 2.05) is 20.8 Å². The van der Waals surface area contributed by atoms with Crippen LogP contribution in [0.2, 0.25) is 0 Å². The first kappa shape index (κ1) is 30.1. The van der Waals surface area contributed by atoms with Crippen LogP contribution in [-0.4, -0.2) is 66.9 Å². The van der Waals surface area contributed by atoms with Crippen LogP contribution in [0.15, 0.2) is 29.5 Å². The number of aromatic nitrogens is 2. The van der Waals surface area contributed by atoms with Gasteiger partial charge in [0.2, 0.25) is 5.91 Å². The molecule has 5 aliphatic rings. The lowest BCUT2D eigenvalue weighted by Gasteiger charge is -2.12. The van der Waals surface area contributed by atoms with Crippen LogP contribution < -0.4 is 10.6 Å². The molecule has 0 radical (unpaired) electrons. The van der Waals surface area contributed by atoms with Crippen molar-refractivity contribution in [2.75, 3.05) is 5.75 Å². The molecular formula is C34H41N4O6S+. The lowest BCUT2D eigenvalue weighted by Crippen LogP contribution is -2.30. The predicted molar refractivity (Wildman–Crippen MR) is 172 cm³/mol. The SMILES string of the molecule is C=CC1=C(C)[C@@H](Cc2[nH]c(Cc3[nH]c(/C=C4\NC(=O)[C@H](C)[C@H]4[C@H]4C[SH+]4)c(C)c3CCC(=O)O)c(C[C@H]3[C@@H]4O[C@]34O)c2C)NC1=O. The molecular weight excluding hydrogens is 592 g/mol. The third-order valence-corrected chi connectivity index (χ3v) is 11.8. The highest BCUT2D eigenvalue weighted by molar-refractivity contribution is 7.86. The van der Waals surface area contributed by atoms with E-state index in [4.69, 9.17) is 4.74 Å². The summed E-state index contributed by atoms with van der Waals surface area (Å²) in [6.45, 7) is 11.8. The standard InChI is InChI=1S/C34H40N4O6S/c1-6-18-14(2)24(37-33(18)42)10-22-16(4)20(9-21-31-34(21,43)44-31)26(36-22)12-25-19(7-8-29(39)40)15(3)23(35-25)11-27-30(28-13-45-28)17(5)32(41)38-27/h6,11,17,21,24,28,30-31,35-36,43H,1,7-10,12-13H2,2-5H3,(H,37,42)(H,38,41)(H,39,40)/p+1/b27-11-/t17-,21+,24-,28-,30-,31+,34-/m1/s1. The smallest absolute Gasteiger partial charge is 0.303 e. The van der Waals surface area contributed by atoms with Gasteiger partial charge in [0, 0.05) is 59.2 Å². The Bertz CT molecular complexity index is 1710. The summed E-state index contributed by atoms with van der Waals surface area (Å²) in [5.74, 6) is -0.676. The Kier molecular flexibility index (Phi) is 7.22. The van der Waals surface area contributed by atoms with Crippen molar-refractivity contribution in [3.63, 3.8) is 0 Å². The van der Waals surface area contributed by atoms with Gasteiger partial charge in [0.15, 0.2) is 16.8 Å². The van der Waals surface area contributed by atoms with Gasteiger partial charge in [-0.05, 0) is 79.3 Å². The van der Waals surface area contributed by atoms with Gasteiger partial charge in [0.05, 0.1) is 17.9 Å². The number of epoxide rings is 1. The molecule has 6 N–H and O–H groups in total. The molecule has 7 rings (SSSR count). The number of carbonyl (C=O) groups is 3. The van der Waals surface area contributed by atoms with E-state index in [9.17, 15) is 24.6 Å². The van der Waals surface area contributed by atoms with Crippen LogP contribution in [0.4, 0.5) is 0 Å². The zero-order valence-electron chi connectivity index (χ0n) is 26.0. The molecule has 10 nitrogen and oxygen atoms in total. The second-order valence-corrected chi connectivity index (χ2v) is 14.7. The number of H-pyrrole nitrogens is 2. The van der Waals surface area contributed by atoms with Crippen LogP contribution >= 0.6 is 0 Å².